The van der Waals surface area contributed by atoms with Crippen molar-refractivity contribution in [1.82, 2.24) is 0 Å². The Balaban J connectivity index is 2.09. The van der Waals surface area contributed by atoms with Crippen LogP contribution >= 0.6 is 22.7 Å². The molecule has 0 unspecified atom stereocenters. The fourth-order valence-electron chi connectivity index (χ4n) is 2.07. The third-order valence-electron chi connectivity index (χ3n) is 2.90. The quantitative estimate of drug-likeness (QED) is 0.612. The normalized spacial score (nSPS) is 11.0. The van der Waals surface area contributed by atoms with Crippen LogP contribution in [0.5, 0.6) is 0 Å². The lowest BCUT2D eigenvalue weighted by Crippen LogP contribution is -1.96. The first-order chi connectivity index (χ1) is 8.65. The maximum atomic E-state index is 12.5. The molecule has 2 heterocycles. The largest absolute Gasteiger partial charge is 0.287 e. The summed E-state index contributed by atoms with van der Waals surface area (Å²) < 4.78 is 1.17. The average Bonchev–Trinajstić information content (AvgIpc) is 2.91. The molecule has 1 nitrogen and oxygen atoms in total. The Kier molecular flexibility index (Phi) is 2.80. The number of hydrogen-bond acceptors (Lipinski definition) is 3. The molecule has 0 amide bonds. The fraction of sp³-hybridized carbons (Fsp3) is 0.133. The summed E-state index contributed by atoms with van der Waals surface area (Å²) in [5, 5.41) is 1.15. The van der Waals surface area contributed by atoms with E-state index in [1.54, 1.807) is 22.7 Å². The summed E-state index contributed by atoms with van der Waals surface area (Å²) in [6.07, 6.45) is 0. The molecule has 0 spiro atoms. The third kappa shape index (κ3) is 1.89. The van der Waals surface area contributed by atoms with E-state index >= 15 is 0 Å². The molecule has 3 aromatic rings. The van der Waals surface area contributed by atoms with Crippen molar-refractivity contribution < 1.29 is 4.79 Å². The molecule has 0 aliphatic rings. The topological polar surface area (TPSA) is 17.1 Å². The molecule has 90 valence electrons. The van der Waals surface area contributed by atoms with E-state index in [0.717, 1.165) is 20.7 Å². The van der Waals surface area contributed by atoms with E-state index < -0.39 is 0 Å². The van der Waals surface area contributed by atoms with Gasteiger partial charge in [-0.25, -0.2) is 0 Å². The van der Waals surface area contributed by atoms with E-state index in [0.29, 0.717) is 0 Å². The number of benzene rings is 1. The zero-order valence-corrected chi connectivity index (χ0v) is 11.8. The highest BCUT2D eigenvalue weighted by molar-refractivity contribution is 7.22. The van der Waals surface area contributed by atoms with Gasteiger partial charge in [0.15, 0.2) is 0 Å². The molecule has 3 heteroatoms. The molecule has 0 atom stereocenters. The minimum atomic E-state index is 0.159. The lowest BCUT2D eigenvalue weighted by atomic mass is 10.2. The van der Waals surface area contributed by atoms with E-state index in [2.05, 4.69) is 18.2 Å². The maximum Gasteiger partial charge on any atom is 0.213 e. The highest BCUT2D eigenvalue weighted by atomic mass is 32.1. The Morgan fingerprint density at radius 1 is 1.06 bits per heavy atom. The van der Waals surface area contributed by atoms with Crippen LogP contribution in [0, 0.1) is 13.8 Å². The second-order valence-corrected chi connectivity index (χ2v) is 6.69. The molecule has 0 aliphatic carbocycles. The first-order valence-corrected chi connectivity index (χ1v) is 7.39. The van der Waals surface area contributed by atoms with Crippen molar-refractivity contribution in [3.63, 3.8) is 0 Å². The second kappa shape index (κ2) is 4.34. The Morgan fingerprint density at radius 3 is 2.50 bits per heavy atom. The van der Waals surface area contributed by atoms with Crippen molar-refractivity contribution in [2.45, 2.75) is 13.8 Å². The SMILES string of the molecule is Cc1cc(C)c(C(=O)c2cc3ccccc3s2)s1. The maximum absolute atomic E-state index is 12.5. The van der Waals surface area contributed by atoms with Crippen LogP contribution in [0.15, 0.2) is 36.4 Å². The monoisotopic (exact) mass is 272 g/mol. The van der Waals surface area contributed by atoms with Crippen LogP contribution in [-0.4, -0.2) is 5.78 Å². The van der Waals surface area contributed by atoms with Crippen molar-refractivity contribution in [3.05, 3.63) is 56.6 Å². The van der Waals surface area contributed by atoms with Gasteiger partial charge >= 0.3 is 0 Å². The summed E-state index contributed by atoms with van der Waals surface area (Å²) >= 11 is 3.16. The molecule has 3 rings (SSSR count). The zero-order chi connectivity index (χ0) is 12.7. The fourth-order valence-corrected chi connectivity index (χ4v) is 4.13. The first-order valence-electron chi connectivity index (χ1n) is 5.75. The van der Waals surface area contributed by atoms with E-state index in [1.165, 1.54) is 9.58 Å². The van der Waals surface area contributed by atoms with Gasteiger partial charge in [-0.1, -0.05) is 18.2 Å². The Labute approximate surface area is 114 Å². The predicted molar refractivity (Wildman–Crippen MR) is 79.1 cm³/mol. The van der Waals surface area contributed by atoms with E-state index in [4.69, 9.17) is 0 Å². The van der Waals surface area contributed by atoms with Crippen LogP contribution in [0.3, 0.4) is 0 Å². The van der Waals surface area contributed by atoms with E-state index in [-0.39, 0.29) is 5.78 Å². The van der Waals surface area contributed by atoms with Gasteiger partial charge in [0.25, 0.3) is 0 Å². The summed E-state index contributed by atoms with van der Waals surface area (Å²) in [5.74, 6) is 0.159. The minimum absolute atomic E-state index is 0.159. The lowest BCUT2D eigenvalue weighted by Gasteiger charge is -1.94. The number of carbonyl (C=O) groups excluding carboxylic acids is 1. The smallest absolute Gasteiger partial charge is 0.213 e. The highest BCUT2D eigenvalue weighted by Gasteiger charge is 2.16. The van der Waals surface area contributed by atoms with Crippen molar-refractivity contribution >= 4 is 38.5 Å². The van der Waals surface area contributed by atoms with Crippen molar-refractivity contribution in [2.75, 3.05) is 0 Å². The van der Waals surface area contributed by atoms with Crippen LogP contribution in [-0.2, 0) is 0 Å². The second-order valence-electron chi connectivity index (χ2n) is 4.35. The van der Waals surface area contributed by atoms with Crippen molar-refractivity contribution in [3.8, 4) is 0 Å². The molecule has 0 radical (unpaired) electrons. The number of hydrogen-bond donors (Lipinski definition) is 0. The minimum Gasteiger partial charge on any atom is -0.287 e. The molecule has 2 aromatic heterocycles. The molecule has 0 saturated heterocycles. The number of carbonyl (C=O) groups is 1. The first kappa shape index (κ1) is 11.6. The summed E-state index contributed by atoms with van der Waals surface area (Å²) in [7, 11) is 0. The van der Waals surface area contributed by atoms with Gasteiger partial charge in [-0.05, 0) is 43.0 Å². The van der Waals surface area contributed by atoms with Crippen LogP contribution < -0.4 is 0 Å². The molecular formula is C15H12OS2. The van der Waals surface area contributed by atoms with E-state index in [1.807, 2.05) is 32.0 Å². The summed E-state index contributed by atoms with van der Waals surface area (Å²) in [6.45, 7) is 4.05. The zero-order valence-electron chi connectivity index (χ0n) is 10.2. The van der Waals surface area contributed by atoms with Gasteiger partial charge in [0.05, 0.1) is 9.75 Å². The molecule has 0 saturated carbocycles. The van der Waals surface area contributed by atoms with Gasteiger partial charge in [-0.15, -0.1) is 22.7 Å². The lowest BCUT2D eigenvalue weighted by molar-refractivity contribution is 0.104. The molecular weight excluding hydrogens is 260 g/mol. The molecule has 0 aliphatic heterocycles. The summed E-state index contributed by atoms with van der Waals surface area (Å²) in [5.41, 5.74) is 1.08. The van der Waals surface area contributed by atoms with Crippen LogP contribution in [0.4, 0.5) is 0 Å². The van der Waals surface area contributed by atoms with Gasteiger partial charge in [0, 0.05) is 9.58 Å². The average molecular weight is 272 g/mol. The number of thiophene rings is 2. The van der Waals surface area contributed by atoms with Crippen molar-refractivity contribution in [1.29, 1.82) is 0 Å². The third-order valence-corrected chi connectivity index (χ3v) is 5.16. The number of rotatable bonds is 2. The van der Waals surface area contributed by atoms with Crippen LogP contribution in [0.25, 0.3) is 10.1 Å². The number of fused-ring (bicyclic) bond motifs is 1. The van der Waals surface area contributed by atoms with Crippen molar-refractivity contribution in [2.24, 2.45) is 0 Å². The number of aryl methyl sites for hydroxylation is 2. The van der Waals surface area contributed by atoms with Crippen LogP contribution in [0.1, 0.15) is 25.0 Å². The van der Waals surface area contributed by atoms with Gasteiger partial charge < -0.3 is 0 Å². The molecule has 0 N–H and O–H groups in total. The number of ketones is 1. The van der Waals surface area contributed by atoms with Crippen LogP contribution in [0.2, 0.25) is 0 Å². The Bertz CT molecular complexity index is 701. The Morgan fingerprint density at radius 2 is 1.83 bits per heavy atom. The molecule has 18 heavy (non-hydrogen) atoms. The summed E-state index contributed by atoms with van der Waals surface area (Å²) in [4.78, 5) is 15.4. The van der Waals surface area contributed by atoms with Gasteiger partial charge in [-0.3, -0.25) is 4.79 Å². The molecule has 1 aromatic carbocycles. The molecule has 0 bridgehead atoms. The van der Waals surface area contributed by atoms with Gasteiger partial charge in [-0.2, -0.15) is 0 Å². The van der Waals surface area contributed by atoms with E-state index in [9.17, 15) is 4.79 Å². The highest BCUT2D eigenvalue weighted by Crippen LogP contribution is 2.30. The van der Waals surface area contributed by atoms with Gasteiger partial charge in [0.2, 0.25) is 5.78 Å². The standard InChI is InChI=1S/C15H12OS2/c1-9-7-10(2)17-15(9)14(16)13-8-11-5-3-4-6-12(11)18-13/h3-8H,1-2H3. The summed E-state index contributed by atoms with van der Waals surface area (Å²) in [6, 6.07) is 12.2. The van der Waals surface area contributed by atoms with Gasteiger partial charge in [0.1, 0.15) is 0 Å². The molecule has 0 fully saturated rings. The Hall–Kier alpha value is -1.45. The predicted octanol–water partition coefficient (Wildman–Crippen LogP) is 4.81.